The number of nitrogens with one attached hydrogen (secondary N) is 1. The molecule has 0 spiro atoms. The molecular formula is C10H19N3O3S. The molecule has 1 aromatic rings. The first-order valence-corrected chi connectivity index (χ1v) is 7.39. The molecule has 0 saturated carbocycles. The van der Waals surface area contributed by atoms with Crippen molar-refractivity contribution in [3.05, 3.63) is 11.8 Å². The Labute approximate surface area is 102 Å². The summed E-state index contributed by atoms with van der Waals surface area (Å²) >= 11 is 0. The molecule has 0 aliphatic heterocycles. The van der Waals surface area contributed by atoms with E-state index in [1.54, 1.807) is 0 Å². The van der Waals surface area contributed by atoms with Crippen molar-refractivity contribution in [3.8, 4) is 0 Å². The second kappa shape index (κ2) is 6.11. The van der Waals surface area contributed by atoms with Gasteiger partial charge in [-0.2, -0.15) is 0 Å². The van der Waals surface area contributed by atoms with Crippen LogP contribution >= 0.6 is 0 Å². The molecule has 7 heteroatoms. The third kappa shape index (κ3) is 4.82. The summed E-state index contributed by atoms with van der Waals surface area (Å²) in [5.74, 6) is 1.10. The lowest BCUT2D eigenvalue weighted by atomic mass is 10.2. The van der Waals surface area contributed by atoms with Crippen LogP contribution in [0.15, 0.2) is 4.42 Å². The minimum atomic E-state index is -3.23. The monoisotopic (exact) mass is 261 g/mol. The lowest BCUT2D eigenvalue weighted by molar-refractivity contribution is 0.427. The lowest BCUT2D eigenvalue weighted by Crippen LogP contribution is -2.26. The fourth-order valence-electron chi connectivity index (χ4n) is 1.15. The molecule has 0 aliphatic rings. The van der Waals surface area contributed by atoms with Gasteiger partial charge in [-0.3, -0.25) is 0 Å². The van der Waals surface area contributed by atoms with Crippen LogP contribution in [0.1, 0.15) is 51.3 Å². The highest BCUT2D eigenvalue weighted by atomic mass is 32.2. The molecular weight excluding hydrogens is 242 g/mol. The van der Waals surface area contributed by atoms with E-state index in [0.717, 1.165) is 6.42 Å². The predicted molar refractivity (Wildman–Crippen MR) is 63.9 cm³/mol. The van der Waals surface area contributed by atoms with Crippen LogP contribution in [0.5, 0.6) is 0 Å². The molecule has 6 nitrogen and oxygen atoms in total. The van der Waals surface area contributed by atoms with Crippen molar-refractivity contribution in [2.45, 2.75) is 46.1 Å². The average Bonchev–Trinajstić information content (AvgIpc) is 2.73. The van der Waals surface area contributed by atoms with Crippen LogP contribution in [0, 0.1) is 0 Å². The highest BCUT2D eigenvalue weighted by molar-refractivity contribution is 7.89. The topological polar surface area (TPSA) is 85.1 Å². The van der Waals surface area contributed by atoms with E-state index in [9.17, 15) is 8.42 Å². The number of unbranched alkanes of at least 4 members (excludes halogenated alkanes) is 1. The summed E-state index contributed by atoms with van der Waals surface area (Å²) < 4.78 is 30.7. The van der Waals surface area contributed by atoms with Crippen molar-refractivity contribution in [2.75, 3.05) is 5.75 Å². The van der Waals surface area contributed by atoms with E-state index in [1.807, 2.05) is 20.8 Å². The van der Waals surface area contributed by atoms with Gasteiger partial charge in [0.2, 0.25) is 21.8 Å². The van der Waals surface area contributed by atoms with E-state index < -0.39 is 10.0 Å². The van der Waals surface area contributed by atoms with Gasteiger partial charge in [-0.25, -0.2) is 13.1 Å². The van der Waals surface area contributed by atoms with Crippen molar-refractivity contribution < 1.29 is 12.8 Å². The van der Waals surface area contributed by atoms with Gasteiger partial charge in [-0.05, 0) is 6.42 Å². The van der Waals surface area contributed by atoms with E-state index in [0.29, 0.717) is 18.2 Å². The minimum absolute atomic E-state index is 0.0613. The van der Waals surface area contributed by atoms with Gasteiger partial charge >= 0.3 is 0 Å². The lowest BCUT2D eigenvalue weighted by Gasteiger charge is -2.02. The molecule has 0 aliphatic carbocycles. The fourth-order valence-corrected chi connectivity index (χ4v) is 2.31. The summed E-state index contributed by atoms with van der Waals surface area (Å²) in [7, 11) is -3.23. The largest absolute Gasteiger partial charge is 0.424 e. The van der Waals surface area contributed by atoms with Gasteiger partial charge in [0.25, 0.3) is 0 Å². The van der Waals surface area contributed by atoms with E-state index in [-0.39, 0.29) is 18.2 Å². The van der Waals surface area contributed by atoms with Crippen molar-refractivity contribution in [3.63, 3.8) is 0 Å². The molecule has 0 radical (unpaired) electrons. The molecule has 1 rings (SSSR count). The smallest absolute Gasteiger partial charge is 0.231 e. The van der Waals surface area contributed by atoms with Crippen LogP contribution in [0.25, 0.3) is 0 Å². The van der Waals surface area contributed by atoms with Gasteiger partial charge in [0.05, 0.1) is 12.3 Å². The Morgan fingerprint density at radius 1 is 1.35 bits per heavy atom. The summed E-state index contributed by atoms with van der Waals surface area (Å²) in [5.41, 5.74) is 0. The molecule has 1 N–H and O–H groups in total. The van der Waals surface area contributed by atoms with Crippen LogP contribution < -0.4 is 4.72 Å². The summed E-state index contributed by atoms with van der Waals surface area (Å²) in [6, 6.07) is 0. The van der Waals surface area contributed by atoms with E-state index in [1.165, 1.54) is 0 Å². The number of rotatable bonds is 7. The summed E-state index contributed by atoms with van der Waals surface area (Å²) in [6.07, 6.45) is 1.50. The zero-order chi connectivity index (χ0) is 12.9. The fraction of sp³-hybridized carbons (Fsp3) is 0.800. The summed E-state index contributed by atoms with van der Waals surface area (Å²) in [6.45, 7) is 5.87. The number of hydrogen-bond donors (Lipinski definition) is 1. The number of hydrogen-bond acceptors (Lipinski definition) is 5. The third-order valence-corrected chi connectivity index (χ3v) is 3.60. The van der Waals surface area contributed by atoms with Gasteiger partial charge in [0.1, 0.15) is 0 Å². The number of aromatic nitrogens is 2. The molecule has 0 amide bonds. The Bertz CT molecular complexity index is 439. The van der Waals surface area contributed by atoms with Crippen LogP contribution in [0.2, 0.25) is 0 Å². The molecule has 1 aromatic heterocycles. The SMILES string of the molecule is CCCCS(=O)(=O)NCc1nnc(C(C)C)o1. The van der Waals surface area contributed by atoms with Crippen molar-refractivity contribution in [2.24, 2.45) is 0 Å². The first kappa shape index (κ1) is 14.1. The Hall–Kier alpha value is -0.950. The maximum Gasteiger partial charge on any atom is 0.231 e. The zero-order valence-electron chi connectivity index (χ0n) is 10.4. The van der Waals surface area contributed by atoms with Crippen LogP contribution in [-0.4, -0.2) is 24.4 Å². The molecule has 0 unspecified atom stereocenters. The molecule has 98 valence electrons. The first-order chi connectivity index (χ1) is 7.94. The van der Waals surface area contributed by atoms with Gasteiger partial charge in [-0.15, -0.1) is 10.2 Å². The highest BCUT2D eigenvalue weighted by Crippen LogP contribution is 2.11. The van der Waals surface area contributed by atoms with E-state index in [2.05, 4.69) is 14.9 Å². The summed E-state index contributed by atoms with van der Waals surface area (Å²) in [5, 5.41) is 7.60. The highest BCUT2D eigenvalue weighted by Gasteiger charge is 2.13. The van der Waals surface area contributed by atoms with Crippen molar-refractivity contribution >= 4 is 10.0 Å². The number of sulfonamides is 1. The van der Waals surface area contributed by atoms with Crippen LogP contribution in [-0.2, 0) is 16.6 Å². The van der Waals surface area contributed by atoms with Gasteiger partial charge < -0.3 is 4.42 Å². The van der Waals surface area contributed by atoms with Gasteiger partial charge in [0, 0.05) is 5.92 Å². The quantitative estimate of drug-likeness (QED) is 0.802. The molecule has 0 atom stereocenters. The number of nitrogens with zero attached hydrogens (tertiary/aromatic N) is 2. The first-order valence-electron chi connectivity index (χ1n) is 5.74. The molecule has 17 heavy (non-hydrogen) atoms. The summed E-state index contributed by atoms with van der Waals surface area (Å²) in [4.78, 5) is 0. The molecule has 0 fully saturated rings. The van der Waals surface area contributed by atoms with Crippen LogP contribution in [0.3, 0.4) is 0 Å². The minimum Gasteiger partial charge on any atom is -0.424 e. The zero-order valence-corrected chi connectivity index (χ0v) is 11.2. The van der Waals surface area contributed by atoms with Crippen molar-refractivity contribution in [1.29, 1.82) is 0 Å². The van der Waals surface area contributed by atoms with E-state index >= 15 is 0 Å². The second-order valence-electron chi connectivity index (χ2n) is 4.18. The third-order valence-electron chi connectivity index (χ3n) is 2.19. The maximum atomic E-state index is 11.5. The molecule has 1 heterocycles. The van der Waals surface area contributed by atoms with Gasteiger partial charge in [-0.1, -0.05) is 27.2 Å². The Morgan fingerprint density at radius 3 is 2.59 bits per heavy atom. The van der Waals surface area contributed by atoms with Crippen LogP contribution in [0.4, 0.5) is 0 Å². The Balaban J connectivity index is 2.49. The Kier molecular flexibility index (Phi) is 5.07. The Morgan fingerprint density at radius 2 is 2.06 bits per heavy atom. The standard InChI is InChI=1S/C10H19N3O3S/c1-4-5-6-17(14,15)11-7-9-12-13-10(16-9)8(2)3/h8,11H,4-7H2,1-3H3. The maximum absolute atomic E-state index is 11.5. The average molecular weight is 261 g/mol. The molecule has 0 aromatic carbocycles. The normalized spacial score (nSPS) is 12.2. The second-order valence-corrected chi connectivity index (χ2v) is 6.11. The molecule has 0 bridgehead atoms. The van der Waals surface area contributed by atoms with Crippen molar-refractivity contribution in [1.82, 2.24) is 14.9 Å². The predicted octanol–water partition coefficient (Wildman–Crippen LogP) is 1.41. The van der Waals surface area contributed by atoms with E-state index in [4.69, 9.17) is 4.42 Å². The molecule has 0 saturated heterocycles. The van der Waals surface area contributed by atoms with Gasteiger partial charge in [0.15, 0.2) is 0 Å².